The minimum Gasteiger partial charge on any atom is -0.457 e. The van der Waals surface area contributed by atoms with Crippen molar-refractivity contribution in [1.82, 2.24) is 14.5 Å². The molecule has 4 aromatic rings. The Bertz CT molecular complexity index is 1110. The van der Waals surface area contributed by atoms with E-state index in [1.54, 1.807) is 6.20 Å². The number of carbonyl (C=O) groups is 1. The summed E-state index contributed by atoms with van der Waals surface area (Å²) in [5, 5.41) is 3.29. The number of ether oxygens (including phenoxy) is 1. The zero-order valence-electron chi connectivity index (χ0n) is 15.5. The quantitative estimate of drug-likeness (QED) is 0.393. The molecule has 0 amide bonds. The summed E-state index contributed by atoms with van der Waals surface area (Å²) in [6.07, 6.45) is 3.70. The third-order valence-corrected chi connectivity index (χ3v) is 5.60. The van der Waals surface area contributed by atoms with Crippen LogP contribution in [0.15, 0.2) is 72.4 Å². The number of esters is 1. The first-order valence-electron chi connectivity index (χ1n) is 9.08. The number of rotatable bonds is 7. The molecule has 0 saturated carbocycles. The number of hydrogen-bond donors (Lipinski definition) is 0. The van der Waals surface area contributed by atoms with E-state index in [4.69, 9.17) is 16.3 Å². The summed E-state index contributed by atoms with van der Waals surface area (Å²) in [7, 11) is 0. The minimum atomic E-state index is -0.338. The van der Waals surface area contributed by atoms with E-state index in [0.29, 0.717) is 23.1 Å². The average Bonchev–Trinajstić information content (AvgIpc) is 3.37. The van der Waals surface area contributed by atoms with E-state index in [2.05, 4.69) is 22.1 Å². The average molecular weight is 424 g/mol. The van der Waals surface area contributed by atoms with Crippen LogP contribution in [0.25, 0.3) is 10.6 Å². The first-order chi connectivity index (χ1) is 14.2. The Kier molecular flexibility index (Phi) is 6.03. The van der Waals surface area contributed by atoms with E-state index < -0.39 is 0 Å². The van der Waals surface area contributed by atoms with E-state index in [9.17, 15) is 4.79 Å². The van der Waals surface area contributed by atoms with Gasteiger partial charge in [-0.15, -0.1) is 11.3 Å². The van der Waals surface area contributed by atoms with Crippen LogP contribution in [0.3, 0.4) is 0 Å². The predicted molar refractivity (Wildman–Crippen MR) is 114 cm³/mol. The maximum absolute atomic E-state index is 12.3. The fraction of sp³-hybridized carbons (Fsp3) is 0.136. The fourth-order valence-electron chi connectivity index (χ4n) is 2.89. The fourth-order valence-corrected chi connectivity index (χ4v) is 4.03. The van der Waals surface area contributed by atoms with Gasteiger partial charge in [0, 0.05) is 29.9 Å². The molecule has 29 heavy (non-hydrogen) atoms. The monoisotopic (exact) mass is 423 g/mol. The summed E-state index contributed by atoms with van der Waals surface area (Å²) in [6, 6.07) is 17.6. The van der Waals surface area contributed by atoms with Crippen molar-refractivity contribution in [3.63, 3.8) is 0 Å². The van der Waals surface area contributed by atoms with Crippen molar-refractivity contribution in [3.8, 4) is 10.6 Å². The van der Waals surface area contributed by atoms with Crippen LogP contribution in [-0.2, 0) is 29.1 Å². The standard InChI is InChI=1S/C22H18ClN3O2S/c23-19-9-5-4-8-18(19)22-25-17(15-29-22)12-21(27)28-14-20-24-10-11-26(20)13-16-6-2-1-3-7-16/h1-11,15H,12-14H2. The van der Waals surface area contributed by atoms with Crippen molar-refractivity contribution < 1.29 is 9.53 Å². The van der Waals surface area contributed by atoms with Crippen molar-refractivity contribution >= 4 is 28.9 Å². The number of thiazole rings is 1. The molecule has 2 aromatic heterocycles. The molecule has 7 heteroatoms. The molecule has 0 spiro atoms. The molecular formula is C22H18ClN3O2S. The number of hydrogen-bond acceptors (Lipinski definition) is 5. The molecule has 0 aliphatic heterocycles. The van der Waals surface area contributed by atoms with Crippen LogP contribution in [0, 0.1) is 0 Å². The lowest BCUT2D eigenvalue weighted by atomic mass is 10.2. The van der Waals surface area contributed by atoms with Crippen LogP contribution < -0.4 is 0 Å². The SMILES string of the molecule is O=C(Cc1csc(-c2ccccc2Cl)n1)OCc1nccn1Cc1ccccc1. The lowest BCUT2D eigenvalue weighted by Gasteiger charge is -2.08. The Morgan fingerprint density at radius 1 is 1.10 bits per heavy atom. The van der Waals surface area contributed by atoms with Gasteiger partial charge in [0.2, 0.25) is 0 Å². The van der Waals surface area contributed by atoms with E-state index in [-0.39, 0.29) is 19.0 Å². The van der Waals surface area contributed by atoms with E-state index in [1.165, 1.54) is 11.3 Å². The molecule has 0 bridgehead atoms. The topological polar surface area (TPSA) is 57.0 Å². The van der Waals surface area contributed by atoms with Gasteiger partial charge in [0.1, 0.15) is 17.4 Å². The Hall–Kier alpha value is -2.96. The van der Waals surface area contributed by atoms with Crippen LogP contribution in [0.5, 0.6) is 0 Å². The second kappa shape index (κ2) is 9.03. The molecular weight excluding hydrogens is 406 g/mol. The summed E-state index contributed by atoms with van der Waals surface area (Å²) >= 11 is 7.68. The highest BCUT2D eigenvalue weighted by Gasteiger charge is 2.13. The van der Waals surface area contributed by atoms with Crippen LogP contribution in [-0.4, -0.2) is 20.5 Å². The van der Waals surface area contributed by atoms with Gasteiger partial charge in [0.25, 0.3) is 0 Å². The Labute approximate surface area is 177 Å². The van der Waals surface area contributed by atoms with Crippen molar-refractivity contribution in [3.05, 3.63) is 94.5 Å². The van der Waals surface area contributed by atoms with Crippen LogP contribution in [0.2, 0.25) is 5.02 Å². The van der Waals surface area contributed by atoms with Gasteiger partial charge in [-0.1, -0.05) is 60.1 Å². The van der Waals surface area contributed by atoms with Crippen LogP contribution >= 0.6 is 22.9 Å². The van der Waals surface area contributed by atoms with Crippen LogP contribution in [0.1, 0.15) is 17.1 Å². The highest BCUT2D eigenvalue weighted by Crippen LogP contribution is 2.30. The Morgan fingerprint density at radius 3 is 2.72 bits per heavy atom. The van der Waals surface area contributed by atoms with Crippen molar-refractivity contribution in [1.29, 1.82) is 0 Å². The van der Waals surface area contributed by atoms with Gasteiger partial charge in [0.15, 0.2) is 0 Å². The molecule has 0 atom stereocenters. The zero-order chi connectivity index (χ0) is 20.1. The Morgan fingerprint density at radius 2 is 1.90 bits per heavy atom. The number of benzene rings is 2. The van der Waals surface area contributed by atoms with Gasteiger partial charge in [-0.2, -0.15) is 0 Å². The zero-order valence-corrected chi connectivity index (χ0v) is 17.1. The molecule has 0 fully saturated rings. The van der Waals surface area contributed by atoms with Gasteiger partial charge < -0.3 is 9.30 Å². The summed E-state index contributed by atoms with van der Waals surface area (Å²) in [5.41, 5.74) is 2.69. The molecule has 0 N–H and O–H groups in total. The van der Waals surface area contributed by atoms with Crippen molar-refractivity contribution in [2.75, 3.05) is 0 Å². The summed E-state index contributed by atoms with van der Waals surface area (Å²) in [4.78, 5) is 21.1. The summed E-state index contributed by atoms with van der Waals surface area (Å²) in [6.45, 7) is 0.807. The Balaban J connectivity index is 1.35. The number of aromatic nitrogens is 3. The normalized spacial score (nSPS) is 10.8. The molecule has 0 aliphatic rings. The van der Waals surface area contributed by atoms with Gasteiger partial charge in [0.05, 0.1) is 17.1 Å². The maximum atomic E-state index is 12.3. The van der Waals surface area contributed by atoms with E-state index in [1.807, 2.05) is 58.6 Å². The summed E-state index contributed by atoms with van der Waals surface area (Å²) < 4.78 is 7.40. The lowest BCUT2D eigenvalue weighted by molar-refractivity contribution is -0.144. The molecule has 0 unspecified atom stereocenters. The molecule has 0 radical (unpaired) electrons. The van der Waals surface area contributed by atoms with Gasteiger partial charge >= 0.3 is 5.97 Å². The maximum Gasteiger partial charge on any atom is 0.312 e. The van der Waals surface area contributed by atoms with Crippen LogP contribution in [0.4, 0.5) is 0 Å². The number of halogens is 1. The molecule has 146 valence electrons. The molecule has 5 nitrogen and oxygen atoms in total. The third kappa shape index (κ3) is 4.91. The lowest BCUT2D eigenvalue weighted by Crippen LogP contribution is -2.12. The smallest absolute Gasteiger partial charge is 0.312 e. The predicted octanol–water partition coefficient (Wildman–Crippen LogP) is 4.99. The number of imidazole rings is 1. The molecule has 2 aromatic carbocycles. The van der Waals surface area contributed by atoms with E-state index >= 15 is 0 Å². The van der Waals surface area contributed by atoms with Gasteiger partial charge in [-0.05, 0) is 11.6 Å². The molecule has 0 saturated heterocycles. The second-order valence-corrected chi connectivity index (χ2v) is 7.68. The molecule has 0 aliphatic carbocycles. The highest BCUT2D eigenvalue weighted by molar-refractivity contribution is 7.13. The first-order valence-corrected chi connectivity index (χ1v) is 10.3. The molecule has 4 rings (SSSR count). The summed E-state index contributed by atoms with van der Waals surface area (Å²) in [5.74, 6) is 0.368. The van der Waals surface area contributed by atoms with Crippen molar-refractivity contribution in [2.45, 2.75) is 19.6 Å². The van der Waals surface area contributed by atoms with Gasteiger partial charge in [-0.3, -0.25) is 4.79 Å². The second-order valence-electron chi connectivity index (χ2n) is 6.42. The van der Waals surface area contributed by atoms with Gasteiger partial charge in [-0.25, -0.2) is 9.97 Å². The van der Waals surface area contributed by atoms with Crippen molar-refractivity contribution in [2.24, 2.45) is 0 Å². The third-order valence-electron chi connectivity index (χ3n) is 4.34. The largest absolute Gasteiger partial charge is 0.457 e. The highest BCUT2D eigenvalue weighted by atomic mass is 35.5. The molecule has 2 heterocycles. The van der Waals surface area contributed by atoms with E-state index in [0.717, 1.165) is 16.1 Å². The minimum absolute atomic E-state index is 0.111. The number of carbonyl (C=O) groups excluding carboxylic acids is 1. The number of nitrogens with zero attached hydrogens (tertiary/aromatic N) is 3. The first kappa shape index (κ1) is 19.4.